The van der Waals surface area contributed by atoms with Crippen molar-refractivity contribution in [2.45, 2.75) is 43.8 Å². The van der Waals surface area contributed by atoms with Crippen molar-refractivity contribution in [2.24, 2.45) is 11.8 Å². The smallest absolute Gasteiger partial charge is 0.243 e. The molecule has 0 unspecified atom stereocenters. The van der Waals surface area contributed by atoms with E-state index in [1.165, 1.54) is 4.31 Å². The Hall–Kier alpha value is -1.68. The summed E-state index contributed by atoms with van der Waals surface area (Å²) in [6, 6.07) is 6.52. The summed E-state index contributed by atoms with van der Waals surface area (Å²) in [5, 5.41) is 0. The highest BCUT2D eigenvalue weighted by atomic mass is 32.2. The van der Waals surface area contributed by atoms with Gasteiger partial charge in [-0.2, -0.15) is 4.31 Å². The molecule has 3 aliphatic rings. The van der Waals surface area contributed by atoms with Gasteiger partial charge in [0.1, 0.15) is 5.75 Å². The number of ether oxygens (including phenoxy) is 3. The predicted octanol–water partition coefficient (Wildman–Crippen LogP) is 2.10. The van der Waals surface area contributed by atoms with Gasteiger partial charge in [0.25, 0.3) is 0 Å². The fourth-order valence-electron chi connectivity index (χ4n) is 4.67. The molecule has 0 saturated carbocycles. The number of nitrogens with zero attached hydrogens (tertiary/aromatic N) is 2. The molecule has 4 rings (SSSR count). The molecule has 3 heterocycles. The largest absolute Gasteiger partial charge is 0.494 e. The zero-order valence-electron chi connectivity index (χ0n) is 18.1. The van der Waals surface area contributed by atoms with Crippen molar-refractivity contribution in [2.75, 3.05) is 46.0 Å². The number of carbonyl (C=O) groups is 1. The fraction of sp³-hybridized carbons (Fsp3) is 0.682. The topological polar surface area (TPSA) is 85.4 Å². The minimum Gasteiger partial charge on any atom is -0.494 e. The third-order valence-corrected chi connectivity index (χ3v) is 8.37. The molecule has 172 valence electrons. The highest BCUT2D eigenvalue weighted by molar-refractivity contribution is 7.89. The molecule has 0 bridgehead atoms. The number of likely N-dealkylation sites (tertiary alicyclic amines) is 1. The van der Waals surface area contributed by atoms with Crippen molar-refractivity contribution in [1.29, 1.82) is 0 Å². The third-order valence-electron chi connectivity index (χ3n) is 6.46. The summed E-state index contributed by atoms with van der Waals surface area (Å²) in [7, 11) is -3.56. The first-order chi connectivity index (χ1) is 15.0. The highest BCUT2D eigenvalue weighted by Gasteiger charge is 2.36. The van der Waals surface area contributed by atoms with Gasteiger partial charge in [-0.25, -0.2) is 8.42 Å². The van der Waals surface area contributed by atoms with E-state index < -0.39 is 10.0 Å². The summed E-state index contributed by atoms with van der Waals surface area (Å²) in [6.07, 6.45) is 2.78. The quantitative estimate of drug-likeness (QED) is 0.657. The van der Waals surface area contributed by atoms with Gasteiger partial charge in [0.15, 0.2) is 6.29 Å². The first-order valence-electron chi connectivity index (χ1n) is 11.2. The Balaban J connectivity index is 1.28. The second-order valence-electron chi connectivity index (χ2n) is 8.36. The molecule has 0 aromatic heterocycles. The van der Waals surface area contributed by atoms with Crippen LogP contribution in [0.1, 0.15) is 32.6 Å². The number of rotatable bonds is 6. The SMILES string of the molecule is CCOc1ccc(S(=O)(=O)N2CCC(C(=O)N3CCC(C4OCCO4)CC3)CC2)cc1. The Morgan fingerprint density at radius 1 is 1.00 bits per heavy atom. The fourth-order valence-corrected chi connectivity index (χ4v) is 6.14. The summed E-state index contributed by atoms with van der Waals surface area (Å²) < 4.78 is 44.0. The summed E-state index contributed by atoms with van der Waals surface area (Å²) in [5.41, 5.74) is 0. The van der Waals surface area contributed by atoms with Crippen LogP contribution in [0.15, 0.2) is 29.2 Å². The predicted molar refractivity (Wildman–Crippen MR) is 114 cm³/mol. The molecule has 3 fully saturated rings. The summed E-state index contributed by atoms with van der Waals surface area (Å²) in [6.45, 7) is 5.90. The molecule has 1 amide bonds. The van der Waals surface area contributed by atoms with Gasteiger partial charge in [-0.15, -0.1) is 0 Å². The van der Waals surface area contributed by atoms with Crippen LogP contribution in [-0.2, 0) is 24.3 Å². The molecule has 1 aromatic carbocycles. The van der Waals surface area contributed by atoms with Gasteiger partial charge in [-0.05, 0) is 56.9 Å². The van der Waals surface area contributed by atoms with Crippen molar-refractivity contribution in [3.63, 3.8) is 0 Å². The second-order valence-corrected chi connectivity index (χ2v) is 10.3. The van der Waals surface area contributed by atoms with Crippen LogP contribution < -0.4 is 4.74 Å². The van der Waals surface area contributed by atoms with Crippen molar-refractivity contribution in [3.05, 3.63) is 24.3 Å². The number of amides is 1. The Bertz CT molecular complexity index is 837. The number of hydrogen-bond acceptors (Lipinski definition) is 6. The molecule has 0 N–H and O–H groups in total. The molecule has 9 heteroatoms. The summed E-state index contributed by atoms with van der Waals surface area (Å²) in [5.74, 6) is 1.06. The van der Waals surface area contributed by atoms with Crippen LogP contribution >= 0.6 is 0 Å². The standard InChI is InChI=1S/C22H32N2O6S/c1-2-28-19-3-5-20(6-4-19)31(26,27)24-13-9-17(10-14-24)21(25)23-11-7-18(8-12-23)22-29-15-16-30-22/h3-6,17-18,22H,2,7-16H2,1H3. The average Bonchev–Trinajstić information content (AvgIpc) is 3.34. The van der Waals surface area contributed by atoms with Crippen LogP contribution in [0.2, 0.25) is 0 Å². The van der Waals surface area contributed by atoms with Crippen LogP contribution in [0, 0.1) is 11.8 Å². The lowest BCUT2D eigenvalue weighted by Gasteiger charge is -2.37. The molecule has 3 aliphatic heterocycles. The van der Waals surface area contributed by atoms with E-state index in [1.807, 2.05) is 11.8 Å². The number of carbonyl (C=O) groups excluding carboxylic acids is 1. The monoisotopic (exact) mass is 452 g/mol. The lowest BCUT2D eigenvalue weighted by atomic mass is 9.92. The molecule has 0 spiro atoms. The summed E-state index contributed by atoms with van der Waals surface area (Å²) in [4.78, 5) is 15.2. The number of benzene rings is 1. The lowest BCUT2D eigenvalue weighted by molar-refractivity contribution is -0.142. The first-order valence-corrected chi connectivity index (χ1v) is 12.7. The van der Waals surface area contributed by atoms with Crippen LogP contribution in [0.4, 0.5) is 0 Å². The minimum absolute atomic E-state index is 0.109. The molecule has 1 aromatic rings. The van der Waals surface area contributed by atoms with Crippen LogP contribution in [-0.4, -0.2) is 75.8 Å². The number of hydrogen-bond donors (Lipinski definition) is 0. The van der Waals surface area contributed by atoms with Crippen molar-refractivity contribution in [3.8, 4) is 5.75 Å². The van der Waals surface area contributed by atoms with Gasteiger partial charge >= 0.3 is 0 Å². The first kappa shape index (κ1) is 22.5. The van der Waals surface area contributed by atoms with Gasteiger partial charge in [-0.3, -0.25) is 4.79 Å². The molecule has 0 radical (unpaired) electrons. The van der Waals surface area contributed by atoms with E-state index in [1.54, 1.807) is 24.3 Å². The van der Waals surface area contributed by atoms with E-state index in [-0.39, 0.29) is 23.0 Å². The van der Waals surface area contributed by atoms with E-state index >= 15 is 0 Å². The number of sulfonamides is 1. The van der Waals surface area contributed by atoms with E-state index in [9.17, 15) is 13.2 Å². The average molecular weight is 453 g/mol. The molecular formula is C22H32N2O6S. The molecular weight excluding hydrogens is 420 g/mol. The molecule has 31 heavy (non-hydrogen) atoms. The molecule has 0 aliphatic carbocycles. The minimum atomic E-state index is -3.56. The highest BCUT2D eigenvalue weighted by Crippen LogP contribution is 2.30. The van der Waals surface area contributed by atoms with Crippen molar-refractivity contribution < 1.29 is 27.4 Å². The van der Waals surface area contributed by atoms with Gasteiger partial charge in [0.2, 0.25) is 15.9 Å². The van der Waals surface area contributed by atoms with E-state index in [0.717, 1.165) is 25.9 Å². The molecule has 8 nitrogen and oxygen atoms in total. The van der Waals surface area contributed by atoms with Gasteiger partial charge in [-0.1, -0.05) is 0 Å². The van der Waals surface area contributed by atoms with Crippen molar-refractivity contribution in [1.82, 2.24) is 9.21 Å². The molecule has 3 saturated heterocycles. The Morgan fingerprint density at radius 3 is 2.19 bits per heavy atom. The van der Waals surface area contributed by atoms with Crippen molar-refractivity contribution >= 4 is 15.9 Å². The lowest BCUT2D eigenvalue weighted by Crippen LogP contribution is -2.47. The van der Waals surface area contributed by atoms with E-state index in [2.05, 4.69) is 0 Å². The summed E-state index contributed by atoms with van der Waals surface area (Å²) >= 11 is 0. The van der Waals surface area contributed by atoms with Gasteiger partial charge in [0, 0.05) is 38.0 Å². The Morgan fingerprint density at radius 2 is 1.61 bits per heavy atom. The zero-order chi connectivity index (χ0) is 21.8. The van der Waals surface area contributed by atoms with Gasteiger partial charge in [0.05, 0.1) is 24.7 Å². The Labute approximate surface area is 184 Å². The van der Waals surface area contributed by atoms with Crippen LogP contribution in [0.25, 0.3) is 0 Å². The maximum Gasteiger partial charge on any atom is 0.243 e. The van der Waals surface area contributed by atoms with Crippen LogP contribution in [0.5, 0.6) is 5.75 Å². The van der Waals surface area contributed by atoms with E-state index in [4.69, 9.17) is 14.2 Å². The number of piperidine rings is 2. The van der Waals surface area contributed by atoms with E-state index in [0.29, 0.717) is 57.4 Å². The second kappa shape index (κ2) is 9.85. The van der Waals surface area contributed by atoms with Crippen LogP contribution in [0.3, 0.4) is 0 Å². The zero-order valence-corrected chi connectivity index (χ0v) is 18.9. The third kappa shape index (κ3) is 5.05. The maximum atomic E-state index is 13.0. The normalized spacial score (nSPS) is 22.7. The van der Waals surface area contributed by atoms with Gasteiger partial charge < -0.3 is 19.1 Å². The molecule has 0 atom stereocenters. The Kier molecular flexibility index (Phi) is 7.15. The maximum absolute atomic E-state index is 13.0.